The van der Waals surface area contributed by atoms with Gasteiger partial charge in [-0.2, -0.15) is 13.2 Å². The number of nitrogens with two attached hydrogens (primary N) is 1. The van der Waals surface area contributed by atoms with Crippen molar-refractivity contribution in [1.82, 2.24) is 9.88 Å². The van der Waals surface area contributed by atoms with Crippen molar-refractivity contribution in [2.75, 3.05) is 13.7 Å². The maximum Gasteiger partial charge on any atom is 0.422 e. The molecule has 1 aromatic heterocycles. The molecule has 0 radical (unpaired) electrons. The summed E-state index contributed by atoms with van der Waals surface area (Å²) in [4.78, 5) is 9.77. The predicted octanol–water partition coefficient (Wildman–Crippen LogP) is 2.23. The summed E-state index contributed by atoms with van der Waals surface area (Å²) in [6, 6.07) is 1.37. The van der Waals surface area contributed by atoms with E-state index < -0.39 is 19.1 Å². The van der Waals surface area contributed by atoms with Gasteiger partial charge in [0.05, 0.1) is 13.2 Å². The largest absolute Gasteiger partial charge is 0.491 e. The standard InChI is InChI=1S/C14H17F3N4O2/c1-9(21-5-3-4-19-13(21)18)10-6-11(22-2)12(20-7-10)23-8-14(15,16)17/h3-7,9,13H,8,18H2,1-2H3. The van der Waals surface area contributed by atoms with Crippen molar-refractivity contribution in [1.29, 1.82) is 0 Å². The fraction of sp³-hybridized carbons (Fsp3) is 0.429. The minimum atomic E-state index is -4.44. The van der Waals surface area contributed by atoms with Crippen LogP contribution in [0.25, 0.3) is 0 Å². The second kappa shape index (κ2) is 6.86. The van der Waals surface area contributed by atoms with Crippen LogP contribution < -0.4 is 15.2 Å². The fourth-order valence-electron chi connectivity index (χ4n) is 2.05. The van der Waals surface area contributed by atoms with Gasteiger partial charge in [0, 0.05) is 18.6 Å². The van der Waals surface area contributed by atoms with E-state index in [0.29, 0.717) is 5.56 Å². The number of allylic oxidation sites excluding steroid dienone is 1. The van der Waals surface area contributed by atoms with Gasteiger partial charge in [-0.05, 0) is 24.6 Å². The van der Waals surface area contributed by atoms with Gasteiger partial charge in [0.2, 0.25) is 0 Å². The van der Waals surface area contributed by atoms with E-state index in [0.717, 1.165) is 0 Å². The van der Waals surface area contributed by atoms with Crippen LogP contribution in [0, 0.1) is 0 Å². The van der Waals surface area contributed by atoms with Crippen molar-refractivity contribution in [3.05, 3.63) is 30.1 Å². The minimum Gasteiger partial charge on any atom is -0.491 e. The quantitative estimate of drug-likeness (QED) is 0.896. The van der Waals surface area contributed by atoms with Crippen LogP contribution in [0.4, 0.5) is 13.2 Å². The Labute approximate surface area is 131 Å². The van der Waals surface area contributed by atoms with E-state index in [-0.39, 0.29) is 17.7 Å². The number of ether oxygens (including phenoxy) is 2. The van der Waals surface area contributed by atoms with Crippen molar-refractivity contribution in [3.63, 3.8) is 0 Å². The van der Waals surface area contributed by atoms with Gasteiger partial charge in [-0.3, -0.25) is 10.7 Å². The number of aromatic nitrogens is 1. The number of halogens is 3. The van der Waals surface area contributed by atoms with Crippen LogP contribution in [0.1, 0.15) is 18.5 Å². The average Bonchev–Trinajstić information content (AvgIpc) is 2.52. The Morgan fingerprint density at radius 3 is 2.78 bits per heavy atom. The van der Waals surface area contributed by atoms with Gasteiger partial charge in [0.15, 0.2) is 18.6 Å². The fourth-order valence-corrected chi connectivity index (χ4v) is 2.05. The van der Waals surface area contributed by atoms with Crippen LogP contribution in [0.3, 0.4) is 0 Å². The Hall–Kier alpha value is -2.29. The van der Waals surface area contributed by atoms with E-state index in [9.17, 15) is 13.2 Å². The van der Waals surface area contributed by atoms with E-state index in [1.165, 1.54) is 13.3 Å². The molecule has 2 heterocycles. The second-order valence-electron chi connectivity index (χ2n) is 4.86. The molecule has 2 atom stereocenters. The molecule has 0 saturated carbocycles. The first-order chi connectivity index (χ1) is 10.8. The van der Waals surface area contributed by atoms with E-state index in [1.807, 2.05) is 6.92 Å². The summed E-state index contributed by atoms with van der Waals surface area (Å²) in [5, 5.41) is 0. The van der Waals surface area contributed by atoms with Crippen molar-refractivity contribution in [2.45, 2.75) is 25.4 Å². The van der Waals surface area contributed by atoms with Crippen molar-refractivity contribution in [2.24, 2.45) is 10.7 Å². The number of hydrogen-bond donors (Lipinski definition) is 1. The Bertz CT molecular complexity index is 604. The number of hydrogen-bond acceptors (Lipinski definition) is 6. The molecule has 0 aliphatic carbocycles. The lowest BCUT2D eigenvalue weighted by Crippen LogP contribution is -2.39. The molecule has 126 valence electrons. The minimum absolute atomic E-state index is 0.122. The highest BCUT2D eigenvalue weighted by atomic mass is 19.4. The molecule has 1 aromatic rings. The zero-order chi connectivity index (χ0) is 17.0. The van der Waals surface area contributed by atoms with Crippen LogP contribution in [0.5, 0.6) is 11.6 Å². The zero-order valence-corrected chi connectivity index (χ0v) is 12.6. The lowest BCUT2D eigenvalue weighted by molar-refractivity contribution is -0.154. The van der Waals surface area contributed by atoms with E-state index in [1.54, 1.807) is 29.5 Å². The molecule has 6 nitrogen and oxygen atoms in total. The van der Waals surface area contributed by atoms with Gasteiger partial charge in [0.1, 0.15) is 0 Å². The highest BCUT2D eigenvalue weighted by Crippen LogP contribution is 2.31. The van der Waals surface area contributed by atoms with Crippen LogP contribution in [-0.2, 0) is 0 Å². The Morgan fingerprint density at radius 1 is 1.43 bits per heavy atom. The molecule has 2 rings (SSSR count). The normalized spacial score (nSPS) is 18.9. The highest BCUT2D eigenvalue weighted by molar-refractivity contribution is 5.71. The number of aliphatic imine (C=N–C) groups is 1. The number of nitrogens with zero attached hydrogens (tertiary/aromatic N) is 3. The molecule has 1 aliphatic rings. The molecule has 1 aliphatic heterocycles. The first kappa shape index (κ1) is 17.1. The topological polar surface area (TPSA) is 73.0 Å². The van der Waals surface area contributed by atoms with Gasteiger partial charge < -0.3 is 14.4 Å². The van der Waals surface area contributed by atoms with Crippen molar-refractivity contribution < 1.29 is 22.6 Å². The van der Waals surface area contributed by atoms with Gasteiger partial charge in [-0.25, -0.2) is 4.98 Å². The smallest absolute Gasteiger partial charge is 0.422 e. The zero-order valence-electron chi connectivity index (χ0n) is 12.6. The highest BCUT2D eigenvalue weighted by Gasteiger charge is 2.29. The molecule has 2 N–H and O–H groups in total. The maximum atomic E-state index is 12.2. The number of alkyl halides is 3. The Balaban J connectivity index is 2.18. The molecule has 23 heavy (non-hydrogen) atoms. The lowest BCUT2D eigenvalue weighted by atomic mass is 10.1. The summed E-state index contributed by atoms with van der Waals surface area (Å²) < 4.78 is 46.4. The summed E-state index contributed by atoms with van der Waals surface area (Å²) >= 11 is 0. The third-order valence-corrected chi connectivity index (χ3v) is 3.25. The van der Waals surface area contributed by atoms with Gasteiger partial charge in [-0.15, -0.1) is 0 Å². The Morgan fingerprint density at radius 2 is 2.17 bits per heavy atom. The summed E-state index contributed by atoms with van der Waals surface area (Å²) in [6.45, 7) is 0.442. The summed E-state index contributed by atoms with van der Waals surface area (Å²) in [5.74, 6) is -0.0889. The third kappa shape index (κ3) is 4.35. The first-order valence-corrected chi connectivity index (χ1v) is 6.78. The van der Waals surface area contributed by atoms with E-state index in [4.69, 9.17) is 10.5 Å². The Kier molecular flexibility index (Phi) is 5.09. The molecule has 0 saturated heterocycles. The first-order valence-electron chi connectivity index (χ1n) is 6.78. The van der Waals surface area contributed by atoms with Crippen LogP contribution in [0.2, 0.25) is 0 Å². The molecule has 0 bridgehead atoms. The number of pyridine rings is 1. The van der Waals surface area contributed by atoms with Crippen LogP contribution in [0.15, 0.2) is 29.5 Å². The van der Waals surface area contributed by atoms with Gasteiger partial charge >= 0.3 is 6.18 Å². The maximum absolute atomic E-state index is 12.2. The van der Waals surface area contributed by atoms with Crippen molar-refractivity contribution in [3.8, 4) is 11.6 Å². The molecule has 2 unspecified atom stereocenters. The predicted molar refractivity (Wildman–Crippen MR) is 78.2 cm³/mol. The summed E-state index contributed by atoms with van der Waals surface area (Å²) in [6.07, 6.45) is 1.57. The van der Waals surface area contributed by atoms with Crippen LogP contribution >= 0.6 is 0 Å². The number of rotatable bonds is 5. The summed E-state index contributed by atoms with van der Waals surface area (Å²) in [5.41, 5.74) is 6.60. The number of methoxy groups -OCH3 is 1. The molecule has 0 fully saturated rings. The lowest BCUT2D eigenvalue weighted by Gasteiger charge is -2.32. The van der Waals surface area contributed by atoms with E-state index in [2.05, 4.69) is 14.7 Å². The molecule has 9 heteroatoms. The molecule has 0 aromatic carbocycles. The monoisotopic (exact) mass is 330 g/mol. The van der Waals surface area contributed by atoms with E-state index >= 15 is 0 Å². The average molecular weight is 330 g/mol. The molecular formula is C14H17F3N4O2. The molecule has 0 spiro atoms. The van der Waals surface area contributed by atoms with Gasteiger partial charge in [0.25, 0.3) is 5.88 Å². The van der Waals surface area contributed by atoms with Crippen molar-refractivity contribution >= 4 is 6.21 Å². The molecule has 0 amide bonds. The second-order valence-corrected chi connectivity index (χ2v) is 4.86. The summed E-state index contributed by atoms with van der Waals surface area (Å²) in [7, 11) is 1.34. The molecular weight excluding hydrogens is 313 g/mol. The SMILES string of the molecule is COc1cc(C(C)N2C=CC=NC2N)cnc1OCC(F)(F)F. The third-order valence-electron chi connectivity index (χ3n) is 3.25. The van der Waals surface area contributed by atoms with Gasteiger partial charge in [-0.1, -0.05) is 0 Å². The van der Waals surface area contributed by atoms with Crippen LogP contribution in [-0.4, -0.2) is 42.3 Å².